The molecule has 2 fully saturated rings. The largest absolute Gasteiger partial charge is 0.490 e. The van der Waals surface area contributed by atoms with Gasteiger partial charge in [-0.3, -0.25) is 10.1 Å². The van der Waals surface area contributed by atoms with E-state index in [-0.39, 0.29) is 15.4 Å². The van der Waals surface area contributed by atoms with Gasteiger partial charge in [-0.25, -0.2) is 0 Å². The van der Waals surface area contributed by atoms with Crippen LogP contribution in [0.4, 0.5) is 11.4 Å². The minimum absolute atomic E-state index is 0.0571. The Balaban J connectivity index is 1.70. The highest BCUT2D eigenvalue weighted by Gasteiger charge is 2.53. The van der Waals surface area contributed by atoms with Gasteiger partial charge in [0.1, 0.15) is 12.4 Å². The average Bonchev–Trinajstić information content (AvgIpc) is 3.37. The fourth-order valence-electron chi connectivity index (χ4n) is 2.47. The van der Waals surface area contributed by atoms with Gasteiger partial charge >= 0.3 is 0 Å². The quantitative estimate of drug-likeness (QED) is 0.612. The van der Waals surface area contributed by atoms with E-state index in [1.165, 1.54) is 31.7 Å². The summed E-state index contributed by atoms with van der Waals surface area (Å²) in [6.07, 6.45) is 4.93. The molecule has 1 N–H and O–H groups in total. The number of anilines is 1. The molecule has 0 atom stereocenters. The SMILES string of the molecule is CNc1c(OCC2(SC3(C)CC3)CC2)cccc1[N+](=O)[O-]. The molecule has 0 spiro atoms. The minimum Gasteiger partial charge on any atom is -0.490 e. The molecule has 1 aromatic carbocycles. The van der Waals surface area contributed by atoms with E-state index in [2.05, 4.69) is 12.2 Å². The minimum atomic E-state index is -0.383. The van der Waals surface area contributed by atoms with Crippen LogP contribution < -0.4 is 10.1 Å². The number of ether oxygens (including phenoxy) is 1. The highest BCUT2D eigenvalue weighted by atomic mass is 32.2. The summed E-state index contributed by atoms with van der Waals surface area (Å²) < 4.78 is 6.59. The molecule has 2 aliphatic carbocycles. The van der Waals surface area contributed by atoms with Crippen LogP contribution in [0.1, 0.15) is 32.6 Å². The second-order valence-electron chi connectivity index (χ2n) is 6.18. The smallest absolute Gasteiger partial charge is 0.296 e. The number of thioether (sulfide) groups is 1. The number of hydrogen-bond acceptors (Lipinski definition) is 5. The van der Waals surface area contributed by atoms with Crippen LogP contribution in [0.3, 0.4) is 0 Å². The van der Waals surface area contributed by atoms with Gasteiger partial charge in [0.25, 0.3) is 5.69 Å². The summed E-state index contributed by atoms with van der Waals surface area (Å²) in [5.41, 5.74) is 0.516. The molecule has 0 radical (unpaired) electrons. The zero-order chi connectivity index (χ0) is 15.1. The maximum absolute atomic E-state index is 11.0. The van der Waals surface area contributed by atoms with Crippen molar-refractivity contribution >= 4 is 23.1 Å². The van der Waals surface area contributed by atoms with Gasteiger partial charge in [0, 0.05) is 17.9 Å². The lowest BCUT2D eigenvalue weighted by atomic mass is 10.2. The van der Waals surface area contributed by atoms with Gasteiger partial charge in [-0.2, -0.15) is 0 Å². The van der Waals surface area contributed by atoms with Crippen LogP contribution in [0.25, 0.3) is 0 Å². The predicted octanol–water partition coefficient (Wildman–Crippen LogP) is 3.83. The summed E-state index contributed by atoms with van der Waals surface area (Å²) in [6, 6.07) is 4.95. The van der Waals surface area contributed by atoms with E-state index in [0.717, 1.165) is 0 Å². The van der Waals surface area contributed by atoms with Crippen LogP contribution in [-0.4, -0.2) is 28.1 Å². The van der Waals surface area contributed by atoms with Gasteiger partial charge in [0.15, 0.2) is 5.69 Å². The van der Waals surface area contributed by atoms with Gasteiger partial charge in [-0.05, 0) is 31.7 Å². The molecule has 5 nitrogen and oxygen atoms in total. The first-order valence-corrected chi connectivity index (χ1v) is 8.07. The van der Waals surface area contributed by atoms with Crippen molar-refractivity contribution in [2.75, 3.05) is 19.0 Å². The summed E-state index contributed by atoms with van der Waals surface area (Å²) in [7, 11) is 1.68. The Morgan fingerprint density at radius 1 is 1.38 bits per heavy atom. The number of nitrogens with one attached hydrogen (secondary N) is 1. The second kappa shape index (κ2) is 5.09. The van der Waals surface area contributed by atoms with Gasteiger partial charge in [0.2, 0.25) is 0 Å². The third-order valence-electron chi connectivity index (χ3n) is 4.17. The monoisotopic (exact) mass is 308 g/mol. The standard InChI is InChI=1S/C15H20N2O3S/c1-14(6-7-14)21-15(8-9-15)10-20-12-5-3-4-11(17(18)19)13(12)16-2/h3-5,16H,6-10H2,1-2H3. The van der Waals surface area contributed by atoms with E-state index in [9.17, 15) is 10.1 Å². The van der Waals surface area contributed by atoms with Crippen molar-refractivity contribution in [1.29, 1.82) is 0 Å². The lowest BCUT2D eigenvalue weighted by Gasteiger charge is -2.20. The number of nitrogens with zero attached hydrogens (tertiary/aromatic N) is 1. The van der Waals surface area contributed by atoms with E-state index >= 15 is 0 Å². The zero-order valence-electron chi connectivity index (χ0n) is 12.3. The summed E-state index contributed by atoms with van der Waals surface area (Å²) in [5, 5.41) is 13.9. The number of rotatable bonds is 7. The van der Waals surface area contributed by atoms with E-state index in [4.69, 9.17) is 4.74 Å². The third kappa shape index (κ3) is 3.10. The lowest BCUT2D eigenvalue weighted by molar-refractivity contribution is -0.384. The molecule has 2 saturated carbocycles. The molecule has 1 aromatic rings. The zero-order valence-corrected chi connectivity index (χ0v) is 13.2. The molecule has 0 saturated heterocycles. The Bertz CT molecular complexity index is 568. The van der Waals surface area contributed by atoms with Crippen molar-refractivity contribution in [3.8, 4) is 5.75 Å². The fourth-order valence-corrected chi connectivity index (χ4v) is 4.24. The number of benzene rings is 1. The first kappa shape index (κ1) is 14.5. The van der Waals surface area contributed by atoms with E-state index in [0.29, 0.717) is 22.8 Å². The van der Waals surface area contributed by atoms with Gasteiger partial charge in [0.05, 0.1) is 9.67 Å². The van der Waals surface area contributed by atoms with Crippen LogP contribution in [0.15, 0.2) is 18.2 Å². The van der Waals surface area contributed by atoms with E-state index in [1.54, 1.807) is 19.2 Å². The molecule has 2 aliphatic rings. The third-order valence-corrected chi connectivity index (χ3v) is 6.03. The highest BCUT2D eigenvalue weighted by molar-refractivity contribution is 8.02. The Morgan fingerprint density at radius 3 is 2.62 bits per heavy atom. The Labute approximate surface area is 128 Å². The van der Waals surface area contributed by atoms with Crippen molar-refractivity contribution in [3.63, 3.8) is 0 Å². The van der Waals surface area contributed by atoms with Crippen molar-refractivity contribution in [3.05, 3.63) is 28.3 Å². The molecule has 6 heteroatoms. The van der Waals surface area contributed by atoms with E-state index < -0.39 is 0 Å². The molecule has 0 heterocycles. The first-order valence-electron chi connectivity index (χ1n) is 7.25. The number of para-hydroxylation sites is 1. The summed E-state index contributed by atoms with van der Waals surface area (Å²) >= 11 is 2.05. The summed E-state index contributed by atoms with van der Waals surface area (Å²) in [5.74, 6) is 0.569. The average molecular weight is 308 g/mol. The van der Waals surface area contributed by atoms with Crippen molar-refractivity contribution in [2.24, 2.45) is 0 Å². The molecule has 0 bridgehead atoms. The molecule has 0 aromatic heterocycles. The topological polar surface area (TPSA) is 64.4 Å². The number of nitro benzene ring substituents is 1. The molecule has 21 heavy (non-hydrogen) atoms. The first-order chi connectivity index (χ1) is 9.97. The van der Waals surface area contributed by atoms with Crippen LogP contribution in [-0.2, 0) is 0 Å². The van der Waals surface area contributed by atoms with Crippen LogP contribution in [0.2, 0.25) is 0 Å². The predicted molar refractivity (Wildman–Crippen MR) is 85.3 cm³/mol. The van der Waals surface area contributed by atoms with Gasteiger partial charge in [-0.1, -0.05) is 13.0 Å². The second-order valence-corrected chi connectivity index (χ2v) is 8.24. The molecule has 0 amide bonds. The Morgan fingerprint density at radius 2 is 2.10 bits per heavy atom. The van der Waals surface area contributed by atoms with Crippen LogP contribution in [0, 0.1) is 10.1 Å². The number of nitro groups is 1. The fraction of sp³-hybridized carbons (Fsp3) is 0.600. The summed E-state index contributed by atoms with van der Waals surface area (Å²) in [4.78, 5) is 10.7. The normalized spacial score (nSPS) is 20.7. The molecular formula is C15H20N2O3S. The molecular weight excluding hydrogens is 288 g/mol. The van der Waals surface area contributed by atoms with Gasteiger partial charge < -0.3 is 10.1 Å². The molecule has 0 aliphatic heterocycles. The number of hydrogen-bond donors (Lipinski definition) is 1. The molecule has 0 unspecified atom stereocenters. The Kier molecular flexibility index (Phi) is 3.51. The van der Waals surface area contributed by atoms with Crippen molar-refractivity contribution in [1.82, 2.24) is 0 Å². The maximum Gasteiger partial charge on any atom is 0.296 e. The molecule has 114 valence electrons. The van der Waals surface area contributed by atoms with E-state index in [1.807, 2.05) is 11.8 Å². The highest BCUT2D eigenvalue weighted by Crippen LogP contribution is 2.61. The van der Waals surface area contributed by atoms with Crippen molar-refractivity contribution < 1.29 is 9.66 Å². The summed E-state index contributed by atoms with van der Waals surface area (Å²) in [6.45, 7) is 2.94. The van der Waals surface area contributed by atoms with Gasteiger partial charge in [-0.15, -0.1) is 11.8 Å². The Hall–Kier alpha value is -1.43. The van der Waals surface area contributed by atoms with Crippen LogP contribution in [0.5, 0.6) is 5.75 Å². The lowest BCUT2D eigenvalue weighted by Crippen LogP contribution is -2.20. The maximum atomic E-state index is 11.0. The van der Waals surface area contributed by atoms with Crippen molar-refractivity contribution in [2.45, 2.75) is 42.1 Å². The molecule has 3 rings (SSSR count). The van der Waals surface area contributed by atoms with Crippen LogP contribution >= 0.6 is 11.8 Å².